The van der Waals surface area contributed by atoms with Crippen LogP contribution < -0.4 is 15.5 Å². The van der Waals surface area contributed by atoms with Crippen LogP contribution in [-0.2, 0) is 10.0 Å². The second kappa shape index (κ2) is 9.32. The number of sulfonamides is 1. The first-order valence-electron chi connectivity index (χ1n) is 10.8. The van der Waals surface area contributed by atoms with Crippen LogP contribution in [-0.4, -0.2) is 45.1 Å². The molecule has 162 valence electrons. The molecule has 1 saturated heterocycles. The Morgan fingerprint density at radius 2 is 1.80 bits per heavy atom. The molecule has 3 N–H and O–H groups in total. The third-order valence-electron chi connectivity index (χ3n) is 6.03. The number of urea groups is 1. The fourth-order valence-corrected chi connectivity index (χ4v) is 5.44. The number of fused-ring (bicyclic) bond motifs is 1. The molecule has 1 aliphatic carbocycles. The highest BCUT2D eigenvalue weighted by molar-refractivity contribution is 7.89. The molecule has 0 radical (unpaired) electrons. The zero-order chi connectivity index (χ0) is 21.0. The minimum atomic E-state index is -3.89. The number of amides is 2. The average molecular weight is 431 g/mol. The van der Waals surface area contributed by atoms with Crippen LogP contribution in [0.15, 0.2) is 47.4 Å². The molecule has 0 aromatic heterocycles. The number of hydrogen-bond donors (Lipinski definition) is 3. The molecule has 2 aromatic carbocycles. The summed E-state index contributed by atoms with van der Waals surface area (Å²) in [5, 5.41) is 9.43. The van der Waals surface area contributed by atoms with Crippen molar-refractivity contribution >= 4 is 26.8 Å². The van der Waals surface area contributed by atoms with Crippen molar-refractivity contribution in [1.29, 1.82) is 0 Å². The summed E-state index contributed by atoms with van der Waals surface area (Å²) in [5.74, 6) is 0.215. The van der Waals surface area contributed by atoms with Gasteiger partial charge in [0.1, 0.15) is 0 Å². The molecule has 2 fully saturated rings. The van der Waals surface area contributed by atoms with E-state index in [1.54, 1.807) is 18.2 Å². The second-order valence-corrected chi connectivity index (χ2v) is 10.0. The Balaban J connectivity index is 1.53. The van der Waals surface area contributed by atoms with Crippen LogP contribution in [0.2, 0.25) is 0 Å². The van der Waals surface area contributed by atoms with Gasteiger partial charge in [0.2, 0.25) is 0 Å². The van der Waals surface area contributed by atoms with Gasteiger partial charge in [-0.25, -0.2) is 18.2 Å². The Bertz CT molecular complexity index is 983. The Morgan fingerprint density at radius 3 is 2.53 bits per heavy atom. The lowest BCUT2D eigenvalue weighted by Crippen LogP contribution is -2.55. The van der Waals surface area contributed by atoms with Crippen molar-refractivity contribution in [2.45, 2.75) is 49.5 Å². The first-order valence-corrected chi connectivity index (χ1v) is 12.3. The zero-order valence-electron chi connectivity index (χ0n) is 17.1. The van der Waals surface area contributed by atoms with Crippen molar-refractivity contribution in [3.63, 3.8) is 0 Å². The molecule has 0 bridgehead atoms. The van der Waals surface area contributed by atoms with Crippen LogP contribution >= 0.6 is 0 Å². The molecule has 2 amide bonds. The number of nitrogens with zero attached hydrogens (tertiary/aromatic N) is 1. The molecule has 1 unspecified atom stereocenters. The molecule has 0 spiro atoms. The topological polar surface area (TPSA) is 90.5 Å². The van der Waals surface area contributed by atoms with Gasteiger partial charge in [-0.15, -0.1) is 4.83 Å². The molecule has 2 aliphatic rings. The van der Waals surface area contributed by atoms with Gasteiger partial charge in [0.05, 0.1) is 4.90 Å². The van der Waals surface area contributed by atoms with E-state index >= 15 is 0 Å². The normalized spacial score (nSPS) is 20.3. The number of benzene rings is 2. The Hall–Kier alpha value is -2.16. The molecule has 30 heavy (non-hydrogen) atoms. The average Bonchev–Trinajstić information content (AvgIpc) is 3.26. The van der Waals surface area contributed by atoms with Crippen LogP contribution in [0.3, 0.4) is 0 Å². The molecule has 1 heterocycles. The third kappa shape index (κ3) is 5.11. The lowest BCUT2D eigenvalue weighted by Gasteiger charge is -2.31. The predicted octanol–water partition coefficient (Wildman–Crippen LogP) is 2.99. The van der Waals surface area contributed by atoms with Crippen molar-refractivity contribution in [2.75, 3.05) is 19.6 Å². The highest BCUT2D eigenvalue weighted by Gasteiger charge is 2.28. The summed E-state index contributed by atoms with van der Waals surface area (Å²) in [5.41, 5.74) is 0. The summed E-state index contributed by atoms with van der Waals surface area (Å²) in [7, 11) is -3.89. The Morgan fingerprint density at radius 1 is 1.03 bits per heavy atom. The van der Waals surface area contributed by atoms with Gasteiger partial charge < -0.3 is 10.6 Å². The minimum Gasteiger partial charge on any atom is -0.334 e. The highest BCUT2D eigenvalue weighted by atomic mass is 32.2. The summed E-state index contributed by atoms with van der Waals surface area (Å²) in [6, 6.07) is 12.4. The van der Waals surface area contributed by atoms with Gasteiger partial charge in [0, 0.05) is 12.6 Å². The van der Waals surface area contributed by atoms with Crippen LogP contribution in [0.25, 0.3) is 10.8 Å². The largest absolute Gasteiger partial charge is 0.334 e. The summed E-state index contributed by atoms with van der Waals surface area (Å²) in [4.78, 5) is 15.7. The van der Waals surface area contributed by atoms with Crippen LogP contribution in [0.1, 0.15) is 38.5 Å². The number of rotatable bonds is 6. The molecule has 1 saturated carbocycles. The second-order valence-electron chi connectivity index (χ2n) is 8.36. The first-order chi connectivity index (χ1) is 14.5. The van der Waals surface area contributed by atoms with E-state index in [1.807, 2.05) is 24.3 Å². The van der Waals surface area contributed by atoms with E-state index in [4.69, 9.17) is 0 Å². The van der Waals surface area contributed by atoms with Crippen molar-refractivity contribution < 1.29 is 13.2 Å². The third-order valence-corrected chi connectivity index (χ3v) is 7.36. The summed E-state index contributed by atoms with van der Waals surface area (Å²) in [6.45, 7) is 2.09. The first kappa shape index (κ1) is 21.1. The minimum absolute atomic E-state index is 0.120. The number of hydrazine groups is 1. The molecular formula is C22H30N4O3S. The van der Waals surface area contributed by atoms with Crippen molar-refractivity contribution in [1.82, 2.24) is 20.5 Å². The fourth-order valence-electron chi connectivity index (χ4n) is 4.35. The van der Waals surface area contributed by atoms with Crippen LogP contribution in [0.4, 0.5) is 4.79 Å². The van der Waals surface area contributed by atoms with Crippen molar-refractivity contribution in [2.24, 2.45) is 5.92 Å². The number of hydrogen-bond acceptors (Lipinski definition) is 4. The summed E-state index contributed by atoms with van der Waals surface area (Å²) < 4.78 is 26.2. The van der Waals surface area contributed by atoms with Crippen LogP contribution in [0.5, 0.6) is 0 Å². The summed E-state index contributed by atoms with van der Waals surface area (Å²) >= 11 is 0. The van der Waals surface area contributed by atoms with Gasteiger partial charge in [-0.2, -0.15) is 0 Å². The van der Waals surface area contributed by atoms with E-state index in [9.17, 15) is 13.2 Å². The molecule has 4 rings (SSSR count). The van der Waals surface area contributed by atoms with E-state index in [-0.39, 0.29) is 22.9 Å². The number of carbonyl (C=O) groups is 1. The molecule has 2 aromatic rings. The van der Waals surface area contributed by atoms with Crippen LogP contribution in [0, 0.1) is 5.92 Å². The summed E-state index contributed by atoms with van der Waals surface area (Å²) in [6.07, 6.45) is 6.09. The number of piperidine rings is 1. The number of nitrogens with one attached hydrogen (secondary N) is 3. The Kier molecular flexibility index (Phi) is 6.55. The Labute approximate surface area is 178 Å². The maximum absolute atomic E-state index is 13.1. The number of carbonyl (C=O) groups excluding carboxylic acids is 1. The smallest absolute Gasteiger partial charge is 0.332 e. The van der Waals surface area contributed by atoms with Gasteiger partial charge >= 0.3 is 6.03 Å². The highest BCUT2D eigenvalue weighted by Crippen LogP contribution is 2.21. The molecular weight excluding hydrogens is 400 g/mol. The van der Waals surface area contributed by atoms with Gasteiger partial charge in [-0.05, 0) is 67.6 Å². The van der Waals surface area contributed by atoms with Gasteiger partial charge in [0.25, 0.3) is 10.0 Å². The van der Waals surface area contributed by atoms with E-state index in [1.165, 1.54) is 5.01 Å². The maximum atomic E-state index is 13.1. The van der Waals surface area contributed by atoms with Crippen molar-refractivity contribution in [3.8, 4) is 0 Å². The van der Waals surface area contributed by atoms with Gasteiger partial charge in [0.15, 0.2) is 0 Å². The molecule has 1 atom stereocenters. The SMILES string of the molecule is O=C(NC1CCCC1)N(CC1CCCNC1)NS(=O)(=O)c1ccc2ccccc2c1. The van der Waals surface area contributed by atoms with E-state index < -0.39 is 10.0 Å². The lowest BCUT2D eigenvalue weighted by molar-refractivity contribution is 0.166. The molecule has 7 nitrogen and oxygen atoms in total. The van der Waals surface area contributed by atoms with Gasteiger partial charge in [-0.1, -0.05) is 43.2 Å². The standard InChI is InChI=1S/C22H30N4O3S/c27-22(24-20-9-3-4-10-20)26(16-17-6-5-13-23-15-17)25-30(28,29)21-12-11-18-7-1-2-8-19(18)14-21/h1-2,7-8,11-12,14,17,20,23,25H,3-6,9-10,13,15-16H2,(H,24,27). The lowest BCUT2D eigenvalue weighted by atomic mass is 10.00. The fraction of sp³-hybridized carbons (Fsp3) is 0.500. The van der Waals surface area contributed by atoms with E-state index in [0.29, 0.717) is 6.54 Å². The van der Waals surface area contributed by atoms with Crippen molar-refractivity contribution in [3.05, 3.63) is 42.5 Å². The van der Waals surface area contributed by atoms with E-state index in [2.05, 4.69) is 15.5 Å². The van der Waals surface area contributed by atoms with E-state index in [0.717, 1.165) is 62.4 Å². The van der Waals surface area contributed by atoms with Gasteiger partial charge in [-0.3, -0.25) is 0 Å². The predicted molar refractivity (Wildman–Crippen MR) is 117 cm³/mol. The quantitative estimate of drug-likeness (QED) is 0.615. The maximum Gasteiger partial charge on any atom is 0.332 e. The molecule has 8 heteroatoms. The monoisotopic (exact) mass is 430 g/mol. The zero-order valence-corrected chi connectivity index (χ0v) is 18.0. The molecule has 1 aliphatic heterocycles.